The fraction of sp³-hybridized carbons (Fsp3) is 0.500. The van der Waals surface area contributed by atoms with Gasteiger partial charge in [-0.2, -0.15) is 5.10 Å². The third-order valence-electron chi connectivity index (χ3n) is 0.667. The molecule has 10 heavy (non-hydrogen) atoms. The summed E-state index contributed by atoms with van der Waals surface area (Å²) in [5.74, 6) is -0.166. The highest BCUT2D eigenvalue weighted by Crippen LogP contribution is 1.66. The lowest BCUT2D eigenvalue weighted by molar-refractivity contribution is -0.513. The Labute approximate surface area is 65.2 Å². The van der Waals surface area contributed by atoms with E-state index in [2.05, 4.69) is 10.5 Å². The van der Waals surface area contributed by atoms with Crippen molar-refractivity contribution in [1.82, 2.24) is 5.43 Å². The third kappa shape index (κ3) is 7.03. The molecule has 0 aromatic rings. The molecule has 6 N–H and O–H groups in total. The van der Waals surface area contributed by atoms with Crippen molar-refractivity contribution in [2.75, 3.05) is 0 Å². The lowest BCUT2D eigenvalue weighted by Gasteiger charge is -1.91. The molecule has 6 heteroatoms. The average molecular weight is 167 g/mol. The van der Waals surface area contributed by atoms with Gasteiger partial charge in [-0.05, 0) is 0 Å². The Balaban J connectivity index is 0. The zero-order valence-corrected chi connectivity index (χ0v) is 6.40. The van der Waals surface area contributed by atoms with Gasteiger partial charge in [0.1, 0.15) is 0 Å². The van der Waals surface area contributed by atoms with Crippen LogP contribution in [0.1, 0.15) is 13.3 Å². The summed E-state index contributed by atoms with van der Waals surface area (Å²) in [5.41, 5.74) is 12.2. The van der Waals surface area contributed by atoms with E-state index in [1.54, 1.807) is 6.92 Å². The maximum absolute atomic E-state index is 10.4. The number of nitrogens with two attached hydrogens (primary N) is 2. The quantitative estimate of drug-likeness (QED) is 0.187. The van der Waals surface area contributed by atoms with Crippen LogP contribution in [0.5, 0.6) is 0 Å². The van der Waals surface area contributed by atoms with Gasteiger partial charge in [-0.1, -0.05) is 6.92 Å². The van der Waals surface area contributed by atoms with E-state index in [1.165, 1.54) is 0 Å². The minimum atomic E-state index is -0.150. The number of rotatable bonds is 2. The summed E-state index contributed by atoms with van der Waals surface area (Å²) >= 11 is 0. The highest BCUT2D eigenvalue weighted by Gasteiger charge is 1.92. The van der Waals surface area contributed by atoms with Crippen LogP contribution in [-0.2, 0) is 4.79 Å². The molecular weight excluding hydrogens is 156 g/mol. The van der Waals surface area contributed by atoms with E-state index >= 15 is 0 Å². The summed E-state index contributed by atoms with van der Waals surface area (Å²) in [6, 6.07) is 0. The second-order valence-electron chi connectivity index (χ2n) is 1.48. The van der Waals surface area contributed by atoms with Crippen molar-refractivity contribution in [3.05, 3.63) is 0 Å². The van der Waals surface area contributed by atoms with Gasteiger partial charge in [0.05, 0.1) is 0 Å². The van der Waals surface area contributed by atoms with Gasteiger partial charge < -0.3 is 12.4 Å². The zero-order chi connectivity index (χ0) is 7.28. The van der Waals surface area contributed by atoms with Crippen molar-refractivity contribution in [3.8, 4) is 0 Å². The summed E-state index contributed by atoms with van der Waals surface area (Å²) in [6.45, 7) is 1.73. The fourth-order valence-corrected chi connectivity index (χ4v) is 0.230. The number of halogens is 1. The van der Waals surface area contributed by atoms with Crippen LogP contribution in [-0.4, -0.2) is 11.9 Å². The van der Waals surface area contributed by atoms with Crippen LogP contribution < -0.4 is 34.4 Å². The number of guanidine groups is 1. The lowest BCUT2D eigenvalue weighted by atomic mass is 10.5. The number of hydrazine groups is 1. The smallest absolute Gasteiger partial charge is 0.360 e. The first-order valence-corrected chi connectivity index (χ1v) is 2.59. The first-order chi connectivity index (χ1) is 4.16. The lowest BCUT2D eigenvalue weighted by Crippen LogP contribution is -3.00. The van der Waals surface area contributed by atoms with Gasteiger partial charge in [-0.25, -0.2) is 5.43 Å². The molecule has 0 aromatic carbocycles. The van der Waals surface area contributed by atoms with Crippen LogP contribution in [0.15, 0.2) is 0 Å². The second-order valence-corrected chi connectivity index (χ2v) is 1.48. The van der Waals surface area contributed by atoms with Gasteiger partial charge in [-0.3, -0.25) is 16.3 Å². The molecule has 0 aliphatic rings. The molecule has 0 saturated carbocycles. The van der Waals surface area contributed by atoms with E-state index in [9.17, 15) is 4.79 Å². The second kappa shape index (κ2) is 6.15. The minimum absolute atomic E-state index is 0. The largest absolute Gasteiger partial charge is 1.00 e. The first kappa shape index (κ1) is 11.8. The normalized spacial score (nSPS) is 7.30. The summed E-state index contributed by atoms with van der Waals surface area (Å²) in [7, 11) is 0. The van der Waals surface area contributed by atoms with Crippen molar-refractivity contribution in [2.24, 2.45) is 11.5 Å². The topological polar surface area (TPSA) is 95.1 Å². The van der Waals surface area contributed by atoms with Gasteiger partial charge in [0.2, 0.25) is 5.91 Å². The molecule has 0 radical (unpaired) electrons. The van der Waals surface area contributed by atoms with Crippen LogP contribution in [0, 0.1) is 0 Å². The molecule has 0 aliphatic heterocycles. The van der Waals surface area contributed by atoms with Crippen molar-refractivity contribution in [2.45, 2.75) is 13.3 Å². The van der Waals surface area contributed by atoms with Gasteiger partial charge in [-0.15, -0.1) is 0 Å². The Morgan fingerprint density at radius 3 is 2.40 bits per heavy atom. The molecule has 0 heterocycles. The predicted octanol–water partition coefficient (Wildman–Crippen LogP) is -6.21. The molecule has 0 rings (SSSR count). The van der Waals surface area contributed by atoms with Gasteiger partial charge in [0.25, 0.3) is 0 Å². The molecule has 1 amide bonds. The SMILES string of the molecule is CCC(=O)N[NH+]=C(N)N.[Cl-]. The number of hydrazone groups is 1. The van der Waals surface area contributed by atoms with E-state index in [-0.39, 0.29) is 24.3 Å². The summed E-state index contributed by atoms with van der Waals surface area (Å²) in [5, 5.41) is 2.27. The van der Waals surface area contributed by atoms with Crippen molar-refractivity contribution in [3.63, 3.8) is 0 Å². The Morgan fingerprint density at radius 2 is 2.10 bits per heavy atom. The Hall–Kier alpha value is -0.970. The molecule has 0 spiro atoms. The standard InChI is InChI=1S/C4H10N4O.ClH/c1-2-3(9)7-8-4(5)6;/h2H2,1H3,(H,7,9)(H4,5,6,8);1H. The van der Waals surface area contributed by atoms with Gasteiger partial charge in [0, 0.05) is 6.42 Å². The van der Waals surface area contributed by atoms with Crippen LogP contribution in [0.4, 0.5) is 0 Å². The monoisotopic (exact) mass is 166 g/mol. The van der Waals surface area contributed by atoms with E-state index in [1.807, 2.05) is 0 Å². The van der Waals surface area contributed by atoms with Crippen LogP contribution in [0.2, 0.25) is 0 Å². The number of amides is 1. The Kier molecular flexibility index (Phi) is 7.25. The summed E-state index contributed by atoms with van der Waals surface area (Å²) in [6.07, 6.45) is 0.403. The van der Waals surface area contributed by atoms with Crippen LogP contribution >= 0.6 is 0 Å². The van der Waals surface area contributed by atoms with Gasteiger partial charge in [0.15, 0.2) is 0 Å². The van der Waals surface area contributed by atoms with Crippen LogP contribution in [0.25, 0.3) is 0 Å². The van der Waals surface area contributed by atoms with Gasteiger partial charge >= 0.3 is 5.96 Å². The molecule has 5 nitrogen and oxygen atoms in total. The molecule has 0 unspecified atom stereocenters. The molecule has 60 valence electrons. The summed E-state index contributed by atoms with van der Waals surface area (Å²) < 4.78 is 0. The van der Waals surface area contributed by atoms with Crippen LogP contribution in [0.3, 0.4) is 0 Å². The Morgan fingerprint density at radius 1 is 1.60 bits per heavy atom. The van der Waals surface area contributed by atoms with E-state index in [4.69, 9.17) is 11.5 Å². The molecular formula is C4H11ClN4O. The van der Waals surface area contributed by atoms with Crippen molar-refractivity contribution < 1.29 is 22.3 Å². The number of carbonyl (C=O) groups excluding carboxylic acids is 1. The molecule has 0 aromatic heterocycles. The zero-order valence-electron chi connectivity index (χ0n) is 5.65. The highest BCUT2D eigenvalue weighted by molar-refractivity contribution is 5.75. The number of carbonyl (C=O) groups is 1. The van der Waals surface area contributed by atoms with E-state index in [0.717, 1.165) is 0 Å². The van der Waals surface area contributed by atoms with Crippen molar-refractivity contribution in [1.29, 1.82) is 0 Å². The summed E-state index contributed by atoms with van der Waals surface area (Å²) in [4.78, 5) is 10.4. The molecule has 0 fully saturated rings. The molecule has 0 aliphatic carbocycles. The average Bonchev–Trinajstić information content (AvgIpc) is 1.83. The first-order valence-electron chi connectivity index (χ1n) is 2.59. The molecule has 0 atom stereocenters. The number of nitrogens with one attached hydrogen (secondary N) is 2. The number of hydrogen-bond acceptors (Lipinski definition) is 1. The molecule has 0 bridgehead atoms. The van der Waals surface area contributed by atoms with Crippen molar-refractivity contribution >= 4 is 11.9 Å². The van der Waals surface area contributed by atoms with E-state index < -0.39 is 0 Å². The fourth-order valence-electron chi connectivity index (χ4n) is 0.230. The highest BCUT2D eigenvalue weighted by atomic mass is 35.5. The minimum Gasteiger partial charge on any atom is -1.00 e. The molecule has 0 saturated heterocycles. The van der Waals surface area contributed by atoms with E-state index in [0.29, 0.717) is 6.42 Å². The maximum atomic E-state index is 10.4. The maximum Gasteiger partial charge on any atom is 0.360 e. The third-order valence-corrected chi connectivity index (χ3v) is 0.667. The number of hydrogen-bond donors (Lipinski definition) is 4. The Bertz CT molecular complexity index is 131. The predicted molar refractivity (Wildman–Crippen MR) is 32.8 cm³/mol.